The molecule has 0 radical (unpaired) electrons. The summed E-state index contributed by atoms with van der Waals surface area (Å²) in [4.78, 5) is 0. The highest BCUT2D eigenvalue weighted by Gasteiger charge is 2.59. The van der Waals surface area contributed by atoms with Crippen molar-refractivity contribution in [3.63, 3.8) is 0 Å². The molecule has 0 heterocycles. The van der Waals surface area contributed by atoms with Gasteiger partial charge in [0.2, 0.25) is 0 Å². The number of hydrogen-bond donors (Lipinski definition) is 2. The zero-order valence-electron chi connectivity index (χ0n) is 15.7. The van der Waals surface area contributed by atoms with E-state index in [1.807, 2.05) is 5.57 Å². The first-order valence-corrected chi connectivity index (χ1v) is 9.81. The molecule has 2 nitrogen and oxygen atoms in total. The number of halogens is 2. The van der Waals surface area contributed by atoms with Gasteiger partial charge in [-0.25, -0.2) is 0 Å². The Labute approximate surface area is 160 Å². The Morgan fingerprint density at radius 3 is 2.50 bits per heavy atom. The first-order chi connectivity index (χ1) is 10.5. The Morgan fingerprint density at radius 1 is 1.04 bits per heavy atom. The molecule has 4 aliphatic rings. The van der Waals surface area contributed by atoms with Crippen LogP contribution in [-0.4, -0.2) is 19.1 Å². The maximum Gasteiger partial charge on any atom is 0.0900 e. The largest absolute Gasteiger partial charge is 1.00 e. The van der Waals surface area contributed by atoms with Crippen LogP contribution in [0.3, 0.4) is 0 Å². The summed E-state index contributed by atoms with van der Waals surface area (Å²) in [5, 5.41) is 2.45. The molecule has 0 aromatic carbocycles. The first-order valence-electron chi connectivity index (χ1n) is 9.81. The molecule has 3 fully saturated rings. The minimum atomic E-state index is 0. The lowest BCUT2D eigenvalue weighted by Gasteiger charge is -2.57. The van der Waals surface area contributed by atoms with E-state index in [9.17, 15) is 0 Å². The predicted molar refractivity (Wildman–Crippen MR) is 90.0 cm³/mol. The van der Waals surface area contributed by atoms with Gasteiger partial charge < -0.3 is 35.9 Å². The Hall–Kier alpha value is 0.240. The van der Waals surface area contributed by atoms with Gasteiger partial charge in [-0.1, -0.05) is 25.5 Å². The van der Waals surface area contributed by atoms with E-state index in [1.165, 1.54) is 51.4 Å². The van der Waals surface area contributed by atoms with Gasteiger partial charge in [-0.3, -0.25) is 0 Å². The predicted octanol–water partition coefficient (Wildman–Crippen LogP) is -3.87. The fraction of sp³-hybridized carbons (Fsp3) is 0.900. The highest BCUT2D eigenvalue weighted by atomic mass is 35.5. The SMILES string of the molecule is C[NH2+][C@H]1CC[C@@]2(C)C(=CC[C@H]3[C@@H]4CC[C@H]([NH3+])[C@@]4(C)CC[C@@H]32)C1.[Cl-].[Cl-]. The van der Waals surface area contributed by atoms with E-state index >= 15 is 0 Å². The fourth-order valence-electron chi connectivity index (χ4n) is 7.08. The van der Waals surface area contributed by atoms with E-state index < -0.39 is 0 Å². The highest BCUT2D eigenvalue weighted by molar-refractivity contribution is 5.25. The van der Waals surface area contributed by atoms with Crippen molar-refractivity contribution in [2.75, 3.05) is 7.05 Å². The number of quaternary nitrogens is 2. The number of fused-ring (bicyclic) bond motifs is 5. The number of nitrogens with two attached hydrogens (primary N) is 1. The van der Waals surface area contributed by atoms with Crippen LogP contribution in [0.15, 0.2) is 11.6 Å². The summed E-state index contributed by atoms with van der Waals surface area (Å²) in [6, 6.07) is 1.56. The average molecular weight is 375 g/mol. The summed E-state index contributed by atoms with van der Waals surface area (Å²) in [6.07, 6.45) is 14.0. The van der Waals surface area contributed by atoms with E-state index in [2.05, 4.69) is 38.0 Å². The molecule has 24 heavy (non-hydrogen) atoms. The summed E-state index contributed by atoms with van der Waals surface area (Å²) in [5.41, 5.74) is 7.44. The third-order valence-corrected chi connectivity index (χ3v) is 8.81. The van der Waals surface area contributed by atoms with E-state index in [4.69, 9.17) is 0 Å². The van der Waals surface area contributed by atoms with E-state index in [0.29, 0.717) is 16.9 Å². The molecule has 0 unspecified atom stereocenters. The van der Waals surface area contributed by atoms with Gasteiger partial charge in [-0.05, 0) is 55.3 Å². The van der Waals surface area contributed by atoms with Crippen molar-refractivity contribution in [2.45, 2.75) is 77.3 Å². The monoisotopic (exact) mass is 374 g/mol. The maximum atomic E-state index is 4.53. The van der Waals surface area contributed by atoms with Crippen molar-refractivity contribution in [2.24, 2.45) is 28.6 Å². The number of rotatable bonds is 1. The molecular formula is C20H36Cl2N2. The Bertz CT molecular complexity index is 494. The van der Waals surface area contributed by atoms with Crippen molar-refractivity contribution >= 4 is 0 Å². The minimum Gasteiger partial charge on any atom is -1.00 e. The van der Waals surface area contributed by atoms with Crippen LogP contribution in [0, 0.1) is 28.6 Å². The summed E-state index contributed by atoms with van der Waals surface area (Å²) < 4.78 is 0. The minimum absolute atomic E-state index is 0. The van der Waals surface area contributed by atoms with Gasteiger partial charge in [0.25, 0.3) is 0 Å². The van der Waals surface area contributed by atoms with E-state index in [0.717, 1.165) is 23.8 Å². The summed E-state index contributed by atoms with van der Waals surface area (Å²) in [6.45, 7) is 5.20. The molecule has 3 saturated carbocycles. The van der Waals surface area contributed by atoms with Gasteiger partial charge in [0.05, 0.1) is 19.1 Å². The average Bonchev–Trinajstić information content (AvgIpc) is 2.82. The molecule has 140 valence electrons. The quantitative estimate of drug-likeness (QED) is 0.441. The molecule has 0 bridgehead atoms. The van der Waals surface area contributed by atoms with Crippen LogP contribution in [0.2, 0.25) is 0 Å². The molecule has 0 saturated heterocycles. The topological polar surface area (TPSA) is 44.2 Å². The molecule has 0 aromatic heterocycles. The van der Waals surface area contributed by atoms with Crippen molar-refractivity contribution in [1.82, 2.24) is 0 Å². The van der Waals surface area contributed by atoms with E-state index in [1.54, 1.807) is 0 Å². The van der Waals surface area contributed by atoms with Crippen LogP contribution in [-0.2, 0) is 0 Å². The lowest BCUT2D eigenvalue weighted by Crippen LogP contribution is -3.00. The van der Waals surface area contributed by atoms with Crippen LogP contribution < -0.4 is 35.9 Å². The number of allylic oxidation sites excluding steroid dienone is 1. The Morgan fingerprint density at radius 2 is 1.79 bits per heavy atom. The Balaban J connectivity index is 0.00000104. The van der Waals surface area contributed by atoms with Crippen molar-refractivity contribution in [3.8, 4) is 0 Å². The van der Waals surface area contributed by atoms with Crippen molar-refractivity contribution in [1.29, 1.82) is 0 Å². The van der Waals surface area contributed by atoms with Crippen LogP contribution in [0.5, 0.6) is 0 Å². The van der Waals surface area contributed by atoms with E-state index in [-0.39, 0.29) is 24.8 Å². The van der Waals surface area contributed by atoms with Gasteiger partial charge in [0, 0.05) is 24.7 Å². The van der Waals surface area contributed by atoms with Crippen LogP contribution in [0.25, 0.3) is 0 Å². The maximum absolute atomic E-state index is 4.53. The molecular weight excluding hydrogens is 339 g/mol. The first kappa shape index (κ1) is 20.6. The zero-order valence-corrected chi connectivity index (χ0v) is 17.2. The van der Waals surface area contributed by atoms with Gasteiger partial charge in [-0.2, -0.15) is 0 Å². The van der Waals surface area contributed by atoms with Crippen LogP contribution in [0.4, 0.5) is 0 Å². The molecule has 0 spiro atoms. The molecule has 5 N–H and O–H groups in total. The molecule has 4 rings (SSSR count). The van der Waals surface area contributed by atoms with Gasteiger partial charge in [-0.15, -0.1) is 0 Å². The summed E-state index contributed by atoms with van der Waals surface area (Å²) in [7, 11) is 2.26. The van der Waals surface area contributed by atoms with Crippen molar-refractivity contribution < 1.29 is 35.9 Å². The third-order valence-electron chi connectivity index (χ3n) is 8.81. The van der Waals surface area contributed by atoms with Crippen LogP contribution in [0.1, 0.15) is 65.2 Å². The third kappa shape index (κ3) is 2.76. The highest BCUT2D eigenvalue weighted by Crippen LogP contribution is 2.64. The fourth-order valence-corrected chi connectivity index (χ4v) is 7.08. The molecule has 0 aliphatic heterocycles. The van der Waals surface area contributed by atoms with Gasteiger partial charge in [0.1, 0.15) is 0 Å². The van der Waals surface area contributed by atoms with Crippen molar-refractivity contribution in [3.05, 3.63) is 11.6 Å². The standard InChI is InChI=1S/C20H34N2.2ClH/c1-19-10-8-14(22-3)12-13(19)4-5-15-16-6-7-18(21)20(16,2)11-9-17(15)19;;/h4,14-18,22H,5-12,21H2,1-3H3;2*1H/t14-,15-,16-,17-,18-,19-,20-;;/m0../s1. The number of hydrogen-bond acceptors (Lipinski definition) is 0. The second-order valence-electron chi connectivity index (χ2n) is 9.41. The molecule has 7 atom stereocenters. The zero-order chi connectivity index (χ0) is 15.5. The lowest BCUT2D eigenvalue weighted by molar-refractivity contribution is -0.665. The second kappa shape index (κ2) is 7.10. The molecule has 0 amide bonds. The second-order valence-corrected chi connectivity index (χ2v) is 9.41. The van der Waals surface area contributed by atoms with Gasteiger partial charge >= 0.3 is 0 Å². The summed E-state index contributed by atoms with van der Waals surface area (Å²) >= 11 is 0. The smallest absolute Gasteiger partial charge is 0.0900 e. The van der Waals surface area contributed by atoms with Crippen LogP contribution >= 0.6 is 0 Å². The normalized spacial score (nSPS) is 49.7. The van der Waals surface area contributed by atoms with Gasteiger partial charge in [0.15, 0.2) is 0 Å². The molecule has 4 heteroatoms. The summed E-state index contributed by atoms with van der Waals surface area (Å²) in [5.74, 6) is 2.88. The molecule has 4 aliphatic carbocycles. The lowest BCUT2D eigenvalue weighted by atomic mass is 9.47. The molecule has 0 aromatic rings. The Kier molecular flexibility index (Phi) is 6.08.